The van der Waals surface area contributed by atoms with Gasteiger partial charge < -0.3 is 20.5 Å². The molecular weight excluding hydrogens is 366 g/mol. The van der Waals surface area contributed by atoms with E-state index in [1.165, 1.54) is 6.07 Å². The minimum atomic E-state index is -0.551. The number of aromatic nitrogens is 1. The molecule has 1 aliphatic heterocycles. The van der Waals surface area contributed by atoms with Crippen molar-refractivity contribution < 1.29 is 14.3 Å². The van der Waals surface area contributed by atoms with Crippen LogP contribution in [0.3, 0.4) is 0 Å². The molecule has 1 atom stereocenters. The maximum atomic E-state index is 12.5. The van der Waals surface area contributed by atoms with E-state index >= 15 is 0 Å². The number of nitrogens with one attached hydrogen (secondary N) is 1. The number of nitrogens with two attached hydrogens (primary N) is 1. The molecule has 3 rings (SSSR count). The van der Waals surface area contributed by atoms with Crippen LogP contribution in [0.1, 0.15) is 18.1 Å². The fraction of sp³-hybridized carbons (Fsp3) is 0.222. The first kappa shape index (κ1) is 18.4. The Morgan fingerprint density at radius 3 is 2.63 bits per heavy atom. The van der Waals surface area contributed by atoms with Gasteiger partial charge in [-0.25, -0.2) is 4.98 Å². The molecule has 0 spiro atoms. The fourth-order valence-electron chi connectivity index (χ4n) is 2.36. The Morgan fingerprint density at radius 2 is 1.93 bits per heavy atom. The van der Waals surface area contributed by atoms with Crippen LogP contribution in [0.25, 0.3) is 0 Å². The highest BCUT2D eigenvalue weighted by atomic mass is 32.2. The summed E-state index contributed by atoms with van der Waals surface area (Å²) in [5.41, 5.74) is 6.61. The molecule has 3 N–H and O–H groups in total. The van der Waals surface area contributed by atoms with E-state index in [0.717, 1.165) is 11.8 Å². The van der Waals surface area contributed by atoms with Crippen molar-refractivity contribution in [3.63, 3.8) is 0 Å². The third kappa shape index (κ3) is 4.05. The quantitative estimate of drug-likeness (QED) is 0.771. The molecule has 0 fully saturated rings. The van der Waals surface area contributed by atoms with E-state index in [1.807, 2.05) is 12.1 Å². The molecule has 1 aromatic carbocycles. The number of carbonyl (C=O) groups excluding carboxylic acids is 1. The van der Waals surface area contributed by atoms with Gasteiger partial charge in [-0.1, -0.05) is 11.8 Å². The van der Waals surface area contributed by atoms with Gasteiger partial charge >= 0.3 is 0 Å². The summed E-state index contributed by atoms with van der Waals surface area (Å²) in [7, 11) is 0. The van der Waals surface area contributed by atoms with Crippen molar-refractivity contribution >= 4 is 29.2 Å². The highest BCUT2D eigenvalue weighted by Crippen LogP contribution is 2.33. The van der Waals surface area contributed by atoms with Gasteiger partial charge in [-0.2, -0.15) is 10.5 Å². The number of hydrogen-bond acceptors (Lipinski definition) is 8. The Bertz CT molecular complexity index is 980. The number of thioether (sulfide) groups is 1. The molecule has 8 nitrogen and oxygen atoms in total. The molecular formula is C18H15N5O3S. The zero-order valence-electron chi connectivity index (χ0n) is 14.4. The maximum Gasteiger partial charge on any atom is 0.237 e. The van der Waals surface area contributed by atoms with Crippen molar-refractivity contribution in [3.8, 4) is 23.6 Å². The minimum absolute atomic E-state index is 0.0263. The van der Waals surface area contributed by atoms with Gasteiger partial charge in [0.15, 0.2) is 11.5 Å². The Hall–Kier alpha value is -3.43. The average Bonchev–Trinajstić information content (AvgIpc) is 2.68. The van der Waals surface area contributed by atoms with Gasteiger partial charge in [0, 0.05) is 11.8 Å². The zero-order chi connectivity index (χ0) is 19.4. The number of nitriles is 2. The van der Waals surface area contributed by atoms with Crippen molar-refractivity contribution in [2.75, 3.05) is 24.3 Å². The van der Waals surface area contributed by atoms with Crippen LogP contribution >= 0.6 is 11.8 Å². The van der Waals surface area contributed by atoms with E-state index in [1.54, 1.807) is 25.1 Å². The Balaban J connectivity index is 1.72. The molecule has 1 aromatic heterocycles. The summed E-state index contributed by atoms with van der Waals surface area (Å²) in [6.45, 7) is 2.64. The van der Waals surface area contributed by atoms with Gasteiger partial charge in [-0.05, 0) is 25.1 Å². The standard InChI is InChI=1S/C18H15N5O3S/c1-10(27-18-12(9-20)6-11(8-19)16(21)23-18)17(24)22-13-2-3-14-15(7-13)26-5-4-25-14/h2-3,6-7,10H,4-5H2,1H3,(H2,21,23)(H,22,24)/t10-/m1/s1. The van der Waals surface area contributed by atoms with E-state index in [4.69, 9.17) is 20.5 Å². The summed E-state index contributed by atoms with van der Waals surface area (Å²) in [6, 6.07) is 10.4. The minimum Gasteiger partial charge on any atom is -0.486 e. The summed E-state index contributed by atoms with van der Waals surface area (Å²) in [6.07, 6.45) is 0. The first-order valence-corrected chi connectivity index (χ1v) is 8.87. The van der Waals surface area contributed by atoms with Gasteiger partial charge in [-0.3, -0.25) is 4.79 Å². The fourth-order valence-corrected chi connectivity index (χ4v) is 3.24. The van der Waals surface area contributed by atoms with Crippen LogP contribution in [-0.4, -0.2) is 29.4 Å². The molecule has 1 amide bonds. The Labute approximate surface area is 159 Å². The summed E-state index contributed by atoms with van der Waals surface area (Å²) in [5, 5.41) is 20.8. The van der Waals surface area contributed by atoms with Gasteiger partial charge in [0.05, 0.1) is 16.4 Å². The summed E-state index contributed by atoms with van der Waals surface area (Å²) in [5.74, 6) is 0.967. The van der Waals surface area contributed by atoms with Crippen molar-refractivity contribution in [1.29, 1.82) is 10.5 Å². The number of anilines is 2. The van der Waals surface area contributed by atoms with Gasteiger partial charge in [0.1, 0.15) is 36.2 Å². The number of nitrogen functional groups attached to an aromatic ring is 1. The molecule has 0 unspecified atom stereocenters. The zero-order valence-corrected chi connectivity index (χ0v) is 15.2. The SMILES string of the molecule is C[C@@H](Sc1nc(N)c(C#N)cc1C#N)C(=O)Nc1ccc2c(c1)OCCO2. The van der Waals surface area contributed by atoms with Crippen molar-refractivity contribution in [3.05, 3.63) is 35.4 Å². The lowest BCUT2D eigenvalue weighted by Crippen LogP contribution is -2.23. The van der Waals surface area contributed by atoms with Crippen LogP contribution in [0, 0.1) is 22.7 Å². The predicted octanol–water partition coefficient (Wildman–Crippen LogP) is 2.30. The second-order valence-electron chi connectivity index (χ2n) is 5.61. The average molecular weight is 381 g/mol. The molecule has 0 radical (unpaired) electrons. The van der Waals surface area contributed by atoms with Crippen molar-refractivity contribution in [2.45, 2.75) is 17.2 Å². The van der Waals surface area contributed by atoms with Crippen molar-refractivity contribution in [2.24, 2.45) is 0 Å². The molecule has 9 heteroatoms. The molecule has 2 heterocycles. The number of fused-ring (bicyclic) bond motifs is 1. The van der Waals surface area contributed by atoms with E-state index in [9.17, 15) is 10.1 Å². The third-order valence-corrected chi connectivity index (χ3v) is 4.83. The summed E-state index contributed by atoms with van der Waals surface area (Å²) in [4.78, 5) is 16.6. The molecule has 1 aliphatic rings. The molecule has 0 saturated carbocycles. The topological polar surface area (TPSA) is 134 Å². The molecule has 2 aromatic rings. The van der Waals surface area contributed by atoms with Crippen LogP contribution in [0.2, 0.25) is 0 Å². The highest BCUT2D eigenvalue weighted by Gasteiger charge is 2.20. The number of benzene rings is 1. The van der Waals surface area contributed by atoms with Crippen LogP contribution < -0.4 is 20.5 Å². The molecule has 0 saturated heterocycles. The molecule has 27 heavy (non-hydrogen) atoms. The Morgan fingerprint density at radius 1 is 1.22 bits per heavy atom. The predicted molar refractivity (Wildman–Crippen MR) is 99.5 cm³/mol. The van der Waals surface area contributed by atoms with Crippen LogP contribution in [0.4, 0.5) is 11.5 Å². The second-order valence-corrected chi connectivity index (χ2v) is 6.93. The van der Waals surface area contributed by atoms with E-state index < -0.39 is 5.25 Å². The lowest BCUT2D eigenvalue weighted by atomic mass is 10.2. The van der Waals surface area contributed by atoms with E-state index in [-0.39, 0.29) is 22.9 Å². The van der Waals surface area contributed by atoms with Gasteiger partial charge in [0.2, 0.25) is 5.91 Å². The van der Waals surface area contributed by atoms with E-state index in [2.05, 4.69) is 10.3 Å². The van der Waals surface area contributed by atoms with Gasteiger partial charge in [0.25, 0.3) is 0 Å². The third-order valence-electron chi connectivity index (χ3n) is 3.73. The van der Waals surface area contributed by atoms with Crippen LogP contribution in [0.15, 0.2) is 29.3 Å². The number of carbonyl (C=O) groups is 1. The summed E-state index contributed by atoms with van der Waals surface area (Å²) >= 11 is 1.09. The Kier molecular flexibility index (Phi) is 5.34. The number of rotatable bonds is 4. The van der Waals surface area contributed by atoms with E-state index in [0.29, 0.717) is 35.4 Å². The van der Waals surface area contributed by atoms with Gasteiger partial charge in [-0.15, -0.1) is 0 Å². The number of amides is 1. The number of ether oxygens (including phenoxy) is 2. The first-order valence-electron chi connectivity index (χ1n) is 7.99. The van der Waals surface area contributed by atoms with Crippen molar-refractivity contribution in [1.82, 2.24) is 4.98 Å². The lowest BCUT2D eigenvalue weighted by molar-refractivity contribution is -0.115. The number of pyridine rings is 1. The molecule has 136 valence electrons. The first-order chi connectivity index (χ1) is 13.0. The molecule has 0 bridgehead atoms. The highest BCUT2D eigenvalue weighted by molar-refractivity contribution is 8.00. The lowest BCUT2D eigenvalue weighted by Gasteiger charge is -2.19. The van der Waals surface area contributed by atoms with Crippen LogP contribution in [-0.2, 0) is 4.79 Å². The normalized spacial score (nSPS) is 13.1. The molecule has 0 aliphatic carbocycles. The summed E-state index contributed by atoms with van der Waals surface area (Å²) < 4.78 is 10.9. The number of hydrogen-bond donors (Lipinski definition) is 2. The largest absolute Gasteiger partial charge is 0.486 e. The van der Waals surface area contributed by atoms with Crippen LogP contribution in [0.5, 0.6) is 11.5 Å². The maximum absolute atomic E-state index is 12.5. The smallest absolute Gasteiger partial charge is 0.237 e. The monoisotopic (exact) mass is 381 g/mol. The number of nitrogens with zero attached hydrogens (tertiary/aromatic N) is 3. The second kappa shape index (κ2) is 7.85.